The normalized spacial score (nSPS) is 23.9. The Bertz CT molecular complexity index is 436. The van der Waals surface area contributed by atoms with E-state index in [4.69, 9.17) is 9.47 Å². The van der Waals surface area contributed by atoms with Gasteiger partial charge in [0.2, 0.25) is 0 Å². The standard InChI is InChI=1S/C16H26N2O2/c1-12-10-17-13(2)7-8-18(11-12)14-5-6-15(19-3)16(9-14)20-4/h5-6,9,12-13,17H,7-8,10-11H2,1-4H3. The van der Waals surface area contributed by atoms with Gasteiger partial charge < -0.3 is 19.7 Å². The number of nitrogens with one attached hydrogen (secondary N) is 1. The van der Waals surface area contributed by atoms with Crippen LogP contribution in [0.2, 0.25) is 0 Å². The van der Waals surface area contributed by atoms with Crippen LogP contribution in [0.1, 0.15) is 20.3 Å². The molecule has 1 saturated heterocycles. The van der Waals surface area contributed by atoms with Crippen LogP contribution in [0.5, 0.6) is 11.5 Å². The second-order valence-corrected chi connectivity index (χ2v) is 5.69. The lowest BCUT2D eigenvalue weighted by Gasteiger charge is -2.33. The molecule has 1 aliphatic heterocycles. The molecule has 112 valence electrons. The predicted octanol–water partition coefficient (Wildman–Crippen LogP) is 2.53. The first-order chi connectivity index (χ1) is 9.63. The molecule has 2 unspecified atom stereocenters. The van der Waals surface area contributed by atoms with Crippen molar-refractivity contribution >= 4 is 5.69 Å². The molecule has 2 rings (SSSR count). The molecule has 0 aromatic heterocycles. The largest absolute Gasteiger partial charge is 0.493 e. The molecule has 0 amide bonds. The van der Waals surface area contributed by atoms with E-state index in [1.807, 2.05) is 6.07 Å². The maximum Gasteiger partial charge on any atom is 0.162 e. The Labute approximate surface area is 122 Å². The van der Waals surface area contributed by atoms with E-state index < -0.39 is 0 Å². The molecule has 1 heterocycles. The van der Waals surface area contributed by atoms with Crippen molar-refractivity contribution in [2.24, 2.45) is 5.92 Å². The van der Waals surface area contributed by atoms with Gasteiger partial charge in [0.15, 0.2) is 11.5 Å². The lowest BCUT2D eigenvalue weighted by Crippen LogP contribution is -2.42. The molecule has 2 atom stereocenters. The van der Waals surface area contributed by atoms with Crippen LogP contribution in [0.25, 0.3) is 0 Å². The van der Waals surface area contributed by atoms with E-state index in [2.05, 4.69) is 36.2 Å². The zero-order chi connectivity index (χ0) is 14.5. The molecular formula is C16H26N2O2. The summed E-state index contributed by atoms with van der Waals surface area (Å²) in [4.78, 5) is 2.45. The van der Waals surface area contributed by atoms with Gasteiger partial charge in [0, 0.05) is 30.9 Å². The summed E-state index contributed by atoms with van der Waals surface area (Å²) >= 11 is 0. The Morgan fingerprint density at radius 2 is 1.90 bits per heavy atom. The lowest BCUT2D eigenvalue weighted by atomic mass is 10.1. The monoisotopic (exact) mass is 278 g/mol. The fraction of sp³-hybridized carbons (Fsp3) is 0.625. The molecule has 0 spiro atoms. The number of hydrogen-bond acceptors (Lipinski definition) is 4. The van der Waals surface area contributed by atoms with Crippen LogP contribution in [0.15, 0.2) is 18.2 Å². The molecule has 0 aliphatic carbocycles. The minimum absolute atomic E-state index is 0.570. The van der Waals surface area contributed by atoms with Gasteiger partial charge in [-0.05, 0) is 37.9 Å². The van der Waals surface area contributed by atoms with Crippen molar-refractivity contribution in [3.8, 4) is 11.5 Å². The summed E-state index contributed by atoms with van der Waals surface area (Å²) in [5, 5.41) is 3.58. The number of ether oxygens (including phenoxy) is 2. The molecule has 0 radical (unpaired) electrons. The van der Waals surface area contributed by atoms with E-state index >= 15 is 0 Å². The van der Waals surface area contributed by atoms with Crippen LogP contribution in [-0.4, -0.2) is 39.9 Å². The van der Waals surface area contributed by atoms with Gasteiger partial charge in [-0.2, -0.15) is 0 Å². The summed E-state index contributed by atoms with van der Waals surface area (Å²) in [6.07, 6.45) is 1.15. The average Bonchev–Trinajstić information content (AvgIpc) is 2.46. The van der Waals surface area contributed by atoms with Crippen molar-refractivity contribution in [1.29, 1.82) is 0 Å². The Kier molecular flexibility index (Phi) is 5.12. The Hall–Kier alpha value is -1.42. The number of benzene rings is 1. The van der Waals surface area contributed by atoms with E-state index in [1.165, 1.54) is 5.69 Å². The molecule has 20 heavy (non-hydrogen) atoms. The first-order valence-electron chi connectivity index (χ1n) is 7.34. The molecule has 1 aliphatic rings. The molecule has 1 aromatic rings. The highest BCUT2D eigenvalue weighted by molar-refractivity contribution is 5.56. The third-order valence-electron chi connectivity index (χ3n) is 3.91. The fourth-order valence-electron chi connectivity index (χ4n) is 2.64. The van der Waals surface area contributed by atoms with Gasteiger partial charge in [0.25, 0.3) is 0 Å². The van der Waals surface area contributed by atoms with E-state index in [0.29, 0.717) is 12.0 Å². The minimum Gasteiger partial charge on any atom is -0.493 e. The van der Waals surface area contributed by atoms with Crippen LogP contribution >= 0.6 is 0 Å². The average molecular weight is 278 g/mol. The molecule has 0 bridgehead atoms. The molecular weight excluding hydrogens is 252 g/mol. The topological polar surface area (TPSA) is 33.7 Å². The van der Waals surface area contributed by atoms with Gasteiger partial charge in [0.05, 0.1) is 14.2 Å². The summed E-state index contributed by atoms with van der Waals surface area (Å²) in [6, 6.07) is 6.75. The summed E-state index contributed by atoms with van der Waals surface area (Å²) < 4.78 is 10.7. The minimum atomic E-state index is 0.570. The highest BCUT2D eigenvalue weighted by atomic mass is 16.5. The Morgan fingerprint density at radius 3 is 2.60 bits per heavy atom. The number of methoxy groups -OCH3 is 2. The Morgan fingerprint density at radius 1 is 1.15 bits per heavy atom. The van der Waals surface area contributed by atoms with Crippen LogP contribution in [0.4, 0.5) is 5.69 Å². The maximum atomic E-state index is 5.41. The molecule has 4 heteroatoms. The zero-order valence-corrected chi connectivity index (χ0v) is 13.0. The zero-order valence-electron chi connectivity index (χ0n) is 13.0. The van der Waals surface area contributed by atoms with Crippen LogP contribution < -0.4 is 19.7 Å². The second-order valence-electron chi connectivity index (χ2n) is 5.69. The highest BCUT2D eigenvalue weighted by Gasteiger charge is 2.18. The fourth-order valence-corrected chi connectivity index (χ4v) is 2.64. The summed E-state index contributed by atoms with van der Waals surface area (Å²) in [7, 11) is 3.35. The van der Waals surface area contributed by atoms with Crippen LogP contribution in [0, 0.1) is 5.92 Å². The van der Waals surface area contributed by atoms with Gasteiger partial charge >= 0.3 is 0 Å². The SMILES string of the molecule is COc1ccc(N2CCC(C)NCC(C)C2)cc1OC. The van der Waals surface area contributed by atoms with Crippen molar-refractivity contribution in [2.75, 3.05) is 38.8 Å². The quantitative estimate of drug-likeness (QED) is 0.921. The molecule has 1 fully saturated rings. The molecule has 1 N–H and O–H groups in total. The first-order valence-corrected chi connectivity index (χ1v) is 7.34. The van der Waals surface area contributed by atoms with E-state index in [-0.39, 0.29) is 0 Å². The molecule has 4 nitrogen and oxygen atoms in total. The van der Waals surface area contributed by atoms with Crippen molar-refractivity contribution in [1.82, 2.24) is 5.32 Å². The lowest BCUT2D eigenvalue weighted by molar-refractivity contribution is 0.354. The summed E-state index contributed by atoms with van der Waals surface area (Å²) in [5.41, 5.74) is 1.21. The van der Waals surface area contributed by atoms with Crippen molar-refractivity contribution in [2.45, 2.75) is 26.3 Å². The molecule has 1 aromatic carbocycles. The van der Waals surface area contributed by atoms with Gasteiger partial charge in [-0.3, -0.25) is 0 Å². The summed E-state index contributed by atoms with van der Waals surface area (Å²) in [5.74, 6) is 2.21. The van der Waals surface area contributed by atoms with Crippen molar-refractivity contribution < 1.29 is 9.47 Å². The molecule has 0 saturated carbocycles. The smallest absolute Gasteiger partial charge is 0.162 e. The van der Waals surface area contributed by atoms with Crippen LogP contribution in [0.3, 0.4) is 0 Å². The number of anilines is 1. The summed E-state index contributed by atoms with van der Waals surface area (Å²) in [6.45, 7) is 7.75. The van der Waals surface area contributed by atoms with E-state index in [1.54, 1.807) is 14.2 Å². The van der Waals surface area contributed by atoms with Crippen molar-refractivity contribution in [3.63, 3.8) is 0 Å². The Balaban J connectivity index is 2.19. The predicted molar refractivity (Wildman–Crippen MR) is 83.0 cm³/mol. The van der Waals surface area contributed by atoms with Gasteiger partial charge in [0.1, 0.15) is 0 Å². The van der Waals surface area contributed by atoms with Crippen molar-refractivity contribution in [3.05, 3.63) is 18.2 Å². The number of hydrogen-bond donors (Lipinski definition) is 1. The van der Waals surface area contributed by atoms with Gasteiger partial charge in [-0.15, -0.1) is 0 Å². The first kappa shape index (κ1) is 15.0. The number of rotatable bonds is 3. The second kappa shape index (κ2) is 6.84. The maximum absolute atomic E-state index is 5.41. The van der Waals surface area contributed by atoms with Gasteiger partial charge in [-0.25, -0.2) is 0 Å². The third-order valence-corrected chi connectivity index (χ3v) is 3.91. The van der Waals surface area contributed by atoms with E-state index in [0.717, 1.165) is 37.6 Å². The highest BCUT2D eigenvalue weighted by Crippen LogP contribution is 2.32. The number of nitrogens with zero attached hydrogens (tertiary/aromatic N) is 1. The third kappa shape index (κ3) is 3.57. The van der Waals surface area contributed by atoms with Crippen LogP contribution in [-0.2, 0) is 0 Å². The van der Waals surface area contributed by atoms with E-state index in [9.17, 15) is 0 Å². The van der Waals surface area contributed by atoms with Gasteiger partial charge in [-0.1, -0.05) is 6.92 Å².